The van der Waals surface area contributed by atoms with Gasteiger partial charge in [-0.05, 0) is 23.6 Å². The Balaban J connectivity index is 2.11. The number of para-hydroxylation sites is 2. The van der Waals surface area contributed by atoms with Crippen LogP contribution < -0.4 is 5.63 Å². The van der Waals surface area contributed by atoms with E-state index >= 15 is 0 Å². The maximum absolute atomic E-state index is 13.4. The number of hydrogen-bond acceptors (Lipinski definition) is 3. The van der Waals surface area contributed by atoms with Crippen molar-refractivity contribution in [1.82, 2.24) is 9.55 Å². The summed E-state index contributed by atoms with van der Waals surface area (Å²) in [5, 5.41) is 0.800. The molecule has 4 nitrogen and oxygen atoms in total. The van der Waals surface area contributed by atoms with Gasteiger partial charge in [0.1, 0.15) is 0 Å². The molecule has 0 unspecified atom stereocenters. The molecular formula is C17H9F3N2O2. The second-order valence-corrected chi connectivity index (χ2v) is 5.22. The summed E-state index contributed by atoms with van der Waals surface area (Å²) in [6.07, 6.45) is -4.69. The van der Waals surface area contributed by atoms with Crippen molar-refractivity contribution in [3.63, 3.8) is 0 Å². The van der Waals surface area contributed by atoms with Gasteiger partial charge >= 0.3 is 11.8 Å². The Morgan fingerprint density at radius 1 is 1.00 bits per heavy atom. The molecule has 7 heteroatoms. The van der Waals surface area contributed by atoms with Gasteiger partial charge in [0.15, 0.2) is 0 Å². The molecule has 0 amide bonds. The van der Waals surface area contributed by atoms with E-state index in [1.165, 1.54) is 18.2 Å². The first-order valence-corrected chi connectivity index (χ1v) is 7.03. The summed E-state index contributed by atoms with van der Waals surface area (Å²) < 4.78 is 46.1. The zero-order chi connectivity index (χ0) is 16.9. The van der Waals surface area contributed by atoms with Crippen LogP contribution in [0.3, 0.4) is 0 Å². The molecule has 0 aliphatic rings. The number of alkyl halides is 3. The van der Waals surface area contributed by atoms with Gasteiger partial charge in [0.25, 0.3) is 0 Å². The number of halogens is 3. The molecule has 2 aromatic carbocycles. The van der Waals surface area contributed by atoms with Crippen LogP contribution in [0, 0.1) is 0 Å². The van der Waals surface area contributed by atoms with Crippen molar-refractivity contribution in [2.75, 3.05) is 0 Å². The largest absolute Gasteiger partial charge is 0.450 e. The Morgan fingerprint density at radius 3 is 2.50 bits per heavy atom. The van der Waals surface area contributed by atoms with Crippen molar-refractivity contribution >= 4 is 21.8 Å². The summed E-state index contributed by atoms with van der Waals surface area (Å²) in [5.74, 6) is -1.36. The molecule has 0 atom stereocenters. The standard InChI is InChI=1S/C17H9F3N2O2/c18-17(19,20)16-21-12-7-3-4-8-13(12)22(16)14-9-10-5-1-2-6-11(10)15(23)24-14/h1-9H. The van der Waals surface area contributed by atoms with Crippen LogP contribution in [0.25, 0.3) is 27.7 Å². The molecule has 24 heavy (non-hydrogen) atoms. The summed E-state index contributed by atoms with van der Waals surface area (Å²) in [6, 6.07) is 14.1. The highest BCUT2D eigenvalue weighted by molar-refractivity contribution is 5.83. The van der Waals surface area contributed by atoms with Gasteiger partial charge in [-0.3, -0.25) is 4.57 Å². The molecular weight excluding hydrogens is 321 g/mol. The highest BCUT2D eigenvalue weighted by Gasteiger charge is 2.38. The second kappa shape index (κ2) is 4.95. The van der Waals surface area contributed by atoms with Crippen LogP contribution in [0.2, 0.25) is 0 Å². The third-order valence-corrected chi connectivity index (χ3v) is 3.69. The third kappa shape index (κ3) is 2.17. The topological polar surface area (TPSA) is 48.0 Å². The molecule has 0 radical (unpaired) electrons. The first-order valence-electron chi connectivity index (χ1n) is 7.03. The molecule has 120 valence electrons. The van der Waals surface area contributed by atoms with Crippen LogP contribution in [0.5, 0.6) is 0 Å². The van der Waals surface area contributed by atoms with Gasteiger partial charge < -0.3 is 4.42 Å². The highest BCUT2D eigenvalue weighted by atomic mass is 19.4. The number of benzene rings is 2. The van der Waals surface area contributed by atoms with Gasteiger partial charge in [-0.25, -0.2) is 9.78 Å². The van der Waals surface area contributed by atoms with Crippen molar-refractivity contribution in [2.24, 2.45) is 0 Å². The fourth-order valence-corrected chi connectivity index (χ4v) is 2.67. The molecule has 0 fully saturated rings. The van der Waals surface area contributed by atoms with E-state index in [9.17, 15) is 18.0 Å². The molecule has 0 saturated carbocycles. The van der Waals surface area contributed by atoms with Crippen molar-refractivity contribution in [1.29, 1.82) is 0 Å². The average molecular weight is 330 g/mol. The quantitative estimate of drug-likeness (QED) is 0.527. The maximum atomic E-state index is 13.4. The molecule has 0 saturated heterocycles. The molecule has 0 aliphatic heterocycles. The molecule has 2 aromatic heterocycles. The molecule has 4 aromatic rings. The smallest absolute Gasteiger partial charge is 0.405 e. The highest BCUT2D eigenvalue weighted by Crippen LogP contribution is 2.33. The number of aromatic nitrogens is 2. The lowest BCUT2D eigenvalue weighted by Gasteiger charge is -2.10. The van der Waals surface area contributed by atoms with Gasteiger partial charge in [0.05, 0.1) is 16.4 Å². The zero-order valence-electron chi connectivity index (χ0n) is 12.0. The molecule has 0 spiro atoms. The lowest BCUT2D eigenvalue weighted by Crippen LogP contribution is -2.15. The van der Waals surface area contributed by atoms with E-state index in [4.69, 9.17) is 4.42 Å². The van der Waals surface area contributed by atoms with E-state index in [0.29, 0.717) is 10.8 Å². The predicted octanol–water partition coefficient (Wildman–Crippen LogP) is 4.15. The predicted molar refractivity (Wildman–Crippen MR) is 82.1 cm³/mol. The van der Waals surface area contributed by atoms with E-state index in [1.807, 2.05) is 0 Å². The summed E-state index contributed by atoms with van der Waals surface area (Å²) in [5.41, 5.74) is -0.321. The molecule has 4 rings (SSSR count). The Hall–Kier alpha value is -3.09. The maximum Gasteiger partial charge on any atom is 0.450 e. The Bertz CT molecular complexity index is 1130. The van der Waals surface area contributed by atoms with Gasteiger partial charge in [-0.1, -0.05) is 30.3 Å². The van der Waals surface area contributed by atoms with E-state index in [-0.39, 0.29) is 16.9 Å². The summed E-state index contributed by atoms with van der Waals surface area (Å²) in [4.78, 5) is 15.8. The number of imidazole rings is 1. The third-order valence-electron chi connectivity index (χ3n) is 3.69. The SMILES string of the molecule is O=c1oc(-n2c(C(F)(F)F)nc3ccccc32)cc2ccccc12. The van der Waals surface area contributed by atoms with Gasteiger partial charge in [-0.15, -0.1) is 0 Å². The lowest BCUT2D eigenvalue weighted by atomic mass is 10.2. The fraction of sp³-hybridized carbons (Fsp3) is 0.0588. The van der Waals surface area contributed by atoms with Crippen LogP contribution >= 0.6 is 0 Å². The van der Waals surface area contributed by atoms with Crippen LogP contribution in [-0.2, 0) is 6.18 Å². The van der Waals surface area contributed by atoms with Gasteiger partial charge in [0, 0.05) is 6.07 Å². The fourth-order valence-electron chi connectivity index (χ4n) is 2.67. The lowest BCUT2D eigenvalue weighted by molar-refractivity contribution is -0.145. The Labute approximate surface area is 132 Å². The van der Waals surface area contributed by atoms with Crippen molar-refractivity contribution in [2.45, 2.75) is 6.18 Å². The average Bonchev–Trinajstić information content (AvgIpc) is 2.94. The normalized spacial score (nSPS) is 12.1. The van der Waals surface area contributed by atoms with Gasteiger partial charge in [0.2, 0.25) is 11.7 Å². The van der Waals surface area contributed by atoms with Crippen LogP contribution in [0.1, 0.15) is 5.82 Å². The van der Waals surface area contributed by atoms with Crippen molar-refractivity contribution in [3.05, 3.63) is 70.8 Å². The monoisotopic (exact) mass is 330 g/mol. The number of nitrogens with zero attached hydrogens (tertiary/aromatic N) is 2. The Morgan fingerprint density at radius 2 is 1.71 bits per heavy atom. The Kier molecular flexibility index (Phi) is 2.99. The number of hydrogen-bond donors (Lipinski definition) is 0. The minimum absolute atomic E-state index is 0.167. The first kappa shape index (κ1) is 14.5. The van der Waals surface area contributed by atoms with Gasteiger partial charge in [-0.2, -0.15) is 13.2 Å². The van der Waals surface area contributed by atoms with E-state index in [0.717, 1.165) is 4.57 Å². The van der Waals surface area contributed by atoms with Crippen LogP contribution in [0.15, 0.2) is 63.8 Å². The van der Waals surface area contributed by atoms with E-state index in [1.54, 1.807) is 36.4 Å². The minimum Gasteiger partial charge on any atom is -0.405 e. The van der Waals surface area contributed by atoms with Crippen molar-refractivity contribution < 1.29 is 17.6 Å². The van der Waals surface area contributed by atoms with Crippen LogP contribution in [0.4, 0.5) is 13.2 Å². The number of rotatable bonds is 1. The van der Waals surface area contributed by atoms with E-state index < -0.39 is 17.6 Å². The number of fused-ring (bicyclic) bond motifs is 2. The van der Waals surface area contributed by atoms with Crippen molar-refractivity contribution in [3.8, 4) is 5.88 Å². The van der Waals surface area contributed by atoms with Crippen LogP contribution in [-0.4, -0.2) is 9.55 Å². The molecule has 0 N–H and O–H groups in total. The summed E-state index contributed by atoms with van der Waals surface area (Å²) in [7, 11) is 0. The summed E-state index contributed by atoms with van der Waals surface area (Å²) in [6.45, 7) is 0. The minimum atomic E-state index is -4.69. The molecule has 2 heterocycles. The molecule has 0 bridgehead atoms. The van der Waals surface area contributed by atoms with E-state index in [2.05, 4.69) is 4.98 Å². The summed E-state index contributed by atoms with van der Waals surface area (Å²) >= 11 is 0. The first-order chi connectivity index (χ1) is 11.4. The second-order valence-electron chi connectivity index (χ2n) is 5.22. The zero-order valence-corrected chi connectivity index (χ0v) is 12.0. The molecule has 0 aliphatic carbocycles.